The fraction of sp³-hybridized carbons (Fsp3) is 0.769. The van der Waals surface area contributed by atoms with Crippen LogP contribution in [0.1, 0.15) is 6.92 Å². The summed E-state index contributed by atoms with van der Waals surface area (Å²) < 4.78 is 5.67. The van der Waals surface area contributed by atoms with Gasteiger partial charge >= 0.3 is 0 Å². The summed E-state index contributed by atoms with van der Waals surface area (Å²) in [7, 11) is 0. The van der Waals surface area contributed by atoms with Crippen LogP contribution in [0, 0.1) is 0 Å². The molecule has 2 aliphatic rings. The molecule has 0 aliphatic carbocycles. The van der Waals surface area contributed by atoms with Crippen molar-refractivity contribution in [3.05, 3.63) is 12.7 Å². The Kier molecular flexibility index (Phi) is 4.37. The molecular formula is C13H23N3O2. The van der Waals surface area contributed by atoms with Gasteiger partial charge in [0.2, 0.25) is 5.91 Å². The van der Waals surface area contributed by atoms with Gasteiger partial charge < -0.3 is 15.0 Å². The minimum Gasteiger partial charge on any atom is -0.363 e. The van der Waals surface area contributed by atoms with E-state index in [1.165, 1.54) is 0 Å². The molecule has 0 saturated carbocycles. The number of rotatable bonds is 5. The van der Waals surface area contributed by atoms with Crippen molar-refractivity contribution >= 4 is 5.91 Å². The van der Waals surface area contributed by atoms with Crippen molar-refractivity contribution in [3.8, 4) is 0 Å². The quantitative estimate of drug-likeness (QED) is 0.683. The molecule has 5 nitrogen and oxygen atoms in total. The minimum absolute atomic E-state index is 0.112. The molecule has 18 heavy (non-hydrogen) atoms. The van der Waals surface area contributed by atoms with Crippen LogP contribution in [-0.2, 0) is 9.53 Å². The van der Waals surface area contributed by atoms with E-state index in [0.29, 0.717) is 0 Å². The van der Waals surface area contributed by atoms with Gasteiger partial charge in [-0.2, -0.15) is 0 Å². The first-order chi connectivity index (χ1) is 8.63. The number of hydrogen-bond donors (Lipinski definition) is 1. The Balaban J connectivity index is 1.68. The number of carbonyl (C=O) groups is 1. The lowest BCUT2D eigenvalue weighted by atomic mass is 10.0. The first-order valence-electron chi connectivity index (χ1n) is 6.59. The molecule has 2 fully saturated rings. The summed E-state index contributed by atoms with van der Waals surface area (Å²) in [5, 5.41) is 3.16. The lowest BCUT2D eigenvalue weighted by Gasteiger charge is -2.40. The lowest BCUT2D eigenvalue weighted by molar-refractivity contribution is -0.147. The van der Waals surface area contributed by atoms with Crippen LogP contribution in [0.5, 0.6) is 0 Å². The molecule has 102 valence electrons. The molecule has 0 aromatic rings. The molecule has 2 heterocycles. The summed E-state index contributed by atoms with van der Waals surface area (Å²) in [6.07, 6.45) is 1.91. The molecule has 0 atom stereocenters. The zero-order valence-electron chi connectivity index (χ0n) is 11.2. The van der Waals surface area contributed by atoms with Gasteiger partial charge in [-0.05, 0) is 6.92 Å². The van der Waals surface area contributed by atoms with Crippen LogP contribution >= 0.6 is 0 Å². The fourth-order valence-electron chi connectivity index (χ4n) is 2.27. The van der Waals surface area contributed by atoms with E-state index in [4.69, 9.17) is 4.74 Å². The Labute approximate surface area is 109 Å². The smallest absolute Gasteiger partial charge is 0.248 e. The van der Waals surface area contributed by atoms with Crippen LogP contribution < -0.4 is 5.32 Å². The Morgan fingerprint density at radius 1 is 1.39 bits per heavy atom. The summed E-state index contributed by atoms with van der Waals surface area (Å²) in [6, 6.07) is 0. The largest absolute Gasteiger partial charge is 0.363 e. The van der Waals surface area contributed by atoms with Crippen molar-refractivity contribution in [2.45, 2.75) is 12.5 Å². The molecular weight excluding hydrogens is 230 g/mol. The molecule has 2 aliphatic heterocycles. The third kappa shape index (κ3) is 3.31. The summed E-state index contributed by atoms with van der Waals surface area (Å²) in [5.41, 5.74) is -0.139. The highest BCUT2D eigenvalue weighted by atomic mass is 16.5. The maximum atomic E-state index is 12.0. The Bertz CT molecular complexity index is 307. The average molecular weight is 253 g/mol. The summed E-state index contributed by atoms with van der Waals surface area (Å²) in [4.78, 5) is 16.2. The Hall–Kier alpha value is -0.910. The maximum Gasteiger partial charge on any atom is 0.248 e. The highest BCUT2D eigenvalue weighted by molar-refractivity contribution is 5.77. The predicted molar refractivity (Wildman–Crippen MR) is 70.4 cm³/mol. The average Bonchev–Trinajstić information content (AvgIpc) is 2.35. The molecule has 5 heteroatoms. The molecule has 1 amide bonds. The number of nitrogens with one attached hydrogen (secondary N) is 1. The first-order valence-corrected chi connectivity index (χ1v) is 6.59. The van der Waals surface area contributed by atoms with Crippen LogP contribution in [0.2, 0.25) is 0 Å². The van der Waals surface area contributed by atoms with Crippen molar-refractivity contribution in [2.24, 2.45) is 0 Å². The zero-order chi connectivity index (χ0) is 13.0. The third-order valence-corrected chi connectivity index (χ3v) is 3.65. The van der Waals surface area contributed by atoms with Crippen LogP contribution in [-0.4, -0.2) is 73.7 Å². The minimum atomic E-state index is -0.139. The van der Waals surface area contributed by atoms with E-state index in [1.807, 2.05) is 17.9 Å². The van der Waals surface area contributed by atoms with Gasteiger partial charge in [0.25, 0.3) is 0 Å². The lowest BCUT2D eigenvalue weighted by Crippen LogP contribution is -2.60. The molecule has 1 N–H and O–H groups in total. The number of nitrogens with zero attached hydrogens (tertiary/aromatic N) is 2. The van der Waals surface area contributed by atoms with Crippen LogP contribution in [0.4, 0.5) is 0 Å². The molecule has 2 rings (SSSR count). The molecule has 0 unspecified atom stereocenters. The highest BCUT2D eigenvalue weighted by Crippen LogP contribution is 2.15. The monoisotopic (exact) mass is 253 g/mol. The maximum absolute atomic E-state index is 12.0. The van der Waals surface area contributed by atoms with Crippen molar-refractivity contribution in [3.63, 3.8) is 0 Å². The van der Waals surface area contributed by atoms with Crippen LogP contribution in [0.3, 0.4) is 0 Å². The first kappa shape index (κ1) is 13.5. The topological polar surface area (TPSA) is 44.8 Å². The van der Waals surface area contributed by atoms with E-state index >= 15 is 0 Å². The summed E-state index contributed by atoms with van der Waals surface area (Å²) in [6.45, 7) is 12.0. The summed E-state index contributed by atoms with van der Waals surface area (Å²) in [5.74, 6) is 0.112. The van der Waals surface area contributed by atoms with Gasteiger partial charge in [-0.1, -0.05) is 6.08 Å². The number of amides is 1. The number of ether oxygens (including phenoxy) is 1. The number of piperazine rings is 1. The van der Waals surface area contributed by atoms with Crippen molar-refractivity contribution < 1.29 is 9.53 Å². The predicted octanol–water partition coefficient (Wildman–Crippen LogP) is -0.305. The molecule has 0 bridgehead atoms. The highest BCUT2D eigenvalue weighted by Gasteiger charge is 2.33. The van der Waals surface area contributed by atoms with E-state index in [2.05, 4.69) is 16.8 Å². The molecule has 0 radical (unpaired) electrons. The number of carbonyl (C=O) groups excluding carboxylic acids is 1. The fourth-order valence-corrected chi connectivity index (χ4v) is 2.27. The second-order valence-electron chi connectivity index (χ2n) is 5.31. The second-order valence-corrected chi connectivity index (χ2v) is 5.31. The standard InChI is InChI=1S/C13H23N3O2/c1-3-4-15-5-7-16(8-6-15)12(17)9-18-13(2)10-14-11-13/h3,14H,1,4-11H2,2H3. The molecule has 2 saturated heterocycles. The van der Waals surface area contributed by atoms with Gasteiger partial charge in [0.1, 0.15) is 6.61 Å². The van der Waals surface area contributed by atoms with Crippen molar-refractivity contribution in [2.75, 3.05) is 52.4 Å². The van der Waals surface area contributed by atoms with Gasteiger partial charge in [-0.15, -0.1) is 6.58 Å². The molecule has 0 spiro atoms. The zero-order valence-corrected chi connectivity index (χ0v) is 11.2. The van der Waals surface area contributed by atoms with Gasteiger partial charge in [-0.25, -0.2) is 0 Å². The number of hydrogen-bond acceptors (Lipinski definition) is 4. The van der Waals surface area contributed by atoms with E-state index in [9.17, 15) is 4.79 Å². The van der Waals surface area contributed by atoms with Crippen molar-refractivity contribution in [1.29, 1.82) is 0 Å². The van der Waals surface area contributed by atoms with E-state index < -0.39 is 0 Å². The molecule has 0 aromatic carbocycles. The normalized spacial score (nSPS) is 23.5. The summed E-state index contributed by atoms with van der Waals surface area (Å²) >= 11 is 0. The SMILES string of the molecule is C=CCN1CCN(C(=O)COC2(C)CNC2)CC1. The third-order valence-electron chi connectivity index (χ3n) is 3.65. The van der Waals surface area contributed by atoms with Gasteiger partial charge in [0.15, 0.2) is 0 Å². The second kappa shape index (κ2) is 5.82. The van der Waals surface area contributed by atoms with E-state index in [1.54, 1.807) is 0 Å². The van der Waals surface area contributed by atoms with E-state index in [-0.39, 0.29) is 18.1 Å². The Morgan fingerprint density at radius 3 is 2.56 bits per heavy atom. The Morgan fingerprint density at radius 2 is 2.06 bits per heavy atom. The van der Waals surface area contributed by atoms with Crippen LogP contribution in [0.15, 0.2) is 12.7 Å². The van der Waals surface area contributed by atoms with Crippen molar-refractivity contribution in [1.82, 2.24) is 15.1 Å². The van der Waals surface area contributed by atoms with Gasteiger partial charge in [0.05, 0.1) is 5.60 Å². The van der Waals surface area contributed by atoms with Crippen LogP contribution in [0.25, 0.3) is 0 Å². The molecule has 0 aromatic heterocycles. The van der Waals surface area contributed by atoms with Gasteiger partial charge in [-0.3, -0.25) is 9.69 Å². The van der Waals surface area contributed by atoms with E-state index in [0.717, 1.165) is 45.8 Å². The van der Waals surface area contributed by atoms with Gasteiger partial charge in [0, 0.05) is 45.8 Å².